The van der Waals surface area contributed by atoms with Crippen LogP contribution in [0.25, 0.3) is 0 Å². The second kappa shape index (κ2) is 4.15. The third-order valence-corrected chi connectivity index (χ3v) is 2.44. The van der Waals surface area contributed by atoms with Gasteiger partial charge < -0.3 is 10.5 Å². The Morgan fingerprint density at radius 2 is 2.14 bits per heavy atom. The van der Waals surface area contributed by atoms with Crippen LogP contribution in [0.15, 0.2) is 18.2 Å². The standard InChI is InChI=1S/C10H12FNO.ClH/c1-13-10-6(7-5-9(7)12)3-2-4-8(10)11;/h2-4,7,9H,5,12H2,1H3;1H. The molecule has 2 nitrogen and oxygen atoms in total. The number of para-hydroxylation sites is 1. The van der Waals surface area contributed by atoms with Crippen LogP contribution in [0.2, 0.25) is 0 Å². The predicted octanol–water partition coefficient (Wildman–Crippen LogP) is 2.07. The average Bonchev–Trinajstić information content (AvgIpc) is 2.82. The molecule has 1 aromatic rings. The summed E-state index contributed by atoms with van der Waals surface area (Å²) in [5, 5.41) is 0. The zero-order valence-corrected chi connectivity index (χ0v) is 8.68. The van der Waals surface area contributed by atoms with E-state index in [1.807, 2.05) is 6.07 Å². The quantitative estimate of drug-likeness (QED) is 0.823. The molecule has 78 valence electrons. The van der Waals surface area contributed by atoms with Gasteiger partial charge in [0.05, 0.1) is 7.11 Å². The number of methoxy groups -OCH3 is 1. The highest BCUT2D eigenvalue weighted by Gasteiger charge is 2.37. The first kappa shape index (κ1) is 11.3. The minimum Gasteiger partial charge on any atom is -0.493 e. The number of hydrogen-bond donors (Lipinski definition) is 1. The molecule has 1 aromatic carbocycles. The lowest BCUT2D eigenvalue weighted by Crippen LogP contribution is -2.02. The molecule has 0 spiro atoms. The van der Waals surface area contributed by atoms with E-state index in [1.54, 1.807) is 6.07 Å². The van der Waals surface area contributed by atoms with Crippen LogP contribution < -0.4 is 10.5 Å². The summed E-state index contributed by atoms with van der Waals surface area (Å²) < 4.78 is 18.2. The molecule has 1 aliphatic carbocycles. The number of nitrogens with two attached hydrogens (primary N) is 1. The summed E-state index contributed by atoms with van der Waals surface area (Å²) in [5.74, 6) is 0.324. The van der Waals surface area contributed by atoms with Crippen molar-refractivity contribution in [2.75, 3.05) is 7.11 Å². The van der Waals surface area contributed by atoms with Gasteiger partial charge in [-0.3, -0.25) is 0 Å². The number of ether oxygens (including phenoxy) is 1. The smallest absolute Gasteiger partial charge is 0.165 e. The maximum Gasteiger partial charge on any atom is 0.165 e. The Labute approximate surface area is 88.7 Å². The third kappa shape index (κ3) is 1.83. The number of rotatable bonds is 2. The molecule has 4 heteroatoms. The van der Waals surface area contributed by atoms with Crippen LogP contribution in [0.1, 0.15) is 17.9 Å². The normalized spacial score (nSPS) is 23.9. The van der Waals surface area contributed by atoms with Gasteiger partial charge >= 0.3 is 0 Å². The molecule has 1 aliphatic rings. The lowest BCUT2D eigenvalue weighted by molar-refractivity contribution is 0.381. The van der Waals surface area contributed by atoms with Gasteiger partial charge in [0.15, 0.2) is 11.6 Å². The van der Waals surface area contributed by atoms with E-state index >= 15 is 0 Å². The second-order valence-electron chi connectivity index (χ2n) is 3.37. The lowest BCUT2D eigenvalue weighted by Gasteiger charge is -2.07. The molecule has 1 fully saturated rings. The van der Waals surface area contributed by atoms with E-state index in [4.69, 9.17) is 10.5 Å². The van der Waals surface area contributed by atoms with Crippen molar-refractivity contribution in [3.05, 3.63) is 29.6 Å². The number of benzene rings is 1. The average molecular weight is 218 g/mol. The van der Waals surface area contributed by atoms with Crippen molar-refractivity contribution >= 4 is 12.4 Å². The maximum atomic E-state index is 13.2. The minimum absolute atomic E-state index is 0. The Morgan fingerprint density at radius 1 is 1.50 bits per heavy atom. The van der Waals surface area contributed by atoms with Gasteiger partial charge in [-0.15, -0.1) is 12.4 Å². The Balaban J connectivity index is 0.000000980. The van der Waals surface area contributed by atoms with Crippen LogP contribution in [0.4, 0.5) is 4.39 Å². The molecule has 0 radical (unpaired) electrons. The number of hydrogen-bond acceptors (Lipinski definition) is 2. The van der Waals surface area contributed by atoms with Gasteiger partial charge in [0.2, 0.25) is 0 Å². The summed E-state index contributed by atoms with van der Waals surface area (Å²) >= 11 is 0. The zero-order chi connectivity index (χ0) is 9.42. The Kier molecular flexibility index (Phi) is 3.34. The van der Waals surface area contributed by atoms with Crippen LogP contribution in [0, 0.1) is 5.82 Å². The van der Waals surface area contributed by atoms with Gasteiger partial charge in [0, 0.05) is 17.5 Å². The SMILES string of the molecule is COc1c(F)cccc1C1CC1N.Cl. The fourth-order valence-corrected chi connectivity index (χ4v) is 1.61. The molecular formula is C10H13ClFNO. The van der Waals surface area contributed by atoms with Gasteiger partial charge in [-0.25, -0.2) is 4.39 Å². The summed E-state index contributed by atoms with van der Waals surface area (Å²) in [6, 6.07) is 5.14. The van der Waals surface area contributed by atoms with Crippen LogP contribution >= 0.6 is 12.4 Å². The first-order valence-corrected chi connectivity index (χ1v) is 4.32. The Morgan fingerprint density at radius 3 is 2.64 bits per heavy atom. The molecular weight excluding hydrogens is 205 g/mol. The highest BCUT2D eigenvalue weighted by Crippen LogP contribution is 2.43. The first-order chi connectivity index (χ1) is 6.24. The van der Waals surface area contributed by atoms with Gasteiger partial charge in [-0.1, -0.05) is 12.1 Å². The highest BCUT2D eigenvalue weighted by molar-refractivity contribution is 5.85. The van der Waals surface area contributed by atoms with E-state index in [0.29, 0.717) is 5.75 Å². The van der Waals surface area contributed by atoms with Gasteiger partial charge in [-0.05, 0) is 12.5 Å². The zero-order valence-electron chi connectivity index (χ0n) is 7.87. The predicted molar refractivity (Wildman–Crippen MR) is 55.5 cm³/mol. The van der Waals surface area contributed by atoms with E-state index in [-0.39, 0.29) is 30.2 Å². The van der Waals surface area contributed by atoms with Crippen LogP contribution in [-0.2, 0) is 0 Å². The summed E-state index contributed by atoms with van der Waals surface area (Å²) in [4.78, 5) is 0. The van der Waals surface area contributed by atoms with Gasteiger partial charge in [0.1, 0.15) is 0 Å². The van der Waals surface area contributed by atoms with E-state index in [2.05, 4.69) is 0 Å². The molecule has 0 bridgehead atoms. The molecule has 1 saturated carbocycles. The lowest BCUT2D eigenvalue weighted by atomic mass is 10.1. The molecule has 0 saturated heterocycles. The molecule has 0 heterocycles. The molecule has 2 N–H and O–H groups in total. The maximum absolute atomic E-state index is 13.2. The Hall–Kier alpha value is -0.800. The minimum atomic E-state index is -0.306. The highest BCUT2D eigenvalue weighted by atomic mass is 35.5. The van der Waals surface area contributed by atoms with Crippen molar-refractivity contribution in [3.8, 4) is 5.75 Å². The molecule has 0 amide bonds. The molecule has 2 unspecified atom stereocenters. The Bertz CT molecular complexity index is 332. The van der Waals surface area contributed by atoms with Crippen molar-refractivity contribution in [2.45, 2.75) is 18.4 Å². The van der Waals surface area contributed by atoms with Crippen molar-refractivity contribution < 1.29 is 9.13 Å². The van der Waals surface area contributed by atoms with Crippen LogP contribution in [-0.4, -0.2) is 13.2 Å². The fraction of sp³-hybridized carbons (Fsp3) is 0.400. The fourth-order valence-electron chi connectivity index (χ4n) is 1.61. The van der Waals surface area contributed by atoms with Crippen molar-refractivity contribution in [2.24, 2.45) is 5.73 Å². The topological polar surface area (TPSA) is 35.2 Å². The van der Waals surface area contributed by atoms with E-state index in [1.165, 1.54) is 13.2 Å². The first-order valence-electron chi connectivity index (χ1n) is 4.32. The summed E-state index contributed by atoms with van der Waals surface area (Å²) in [6.07, 6.45) is 0.930. The van der Waals surface area contributed by atoms with Crippen LogP contribution in [0.5, 0.6) is 5.75 Å². The molecule has 2 rings (SSSR count). The summed E-state index contributed by atoms with van der Waals surface area (Å²) in [6.45, 7) is 0. The third-order valence-electron chi connectivity index (χ3n) is 2.44. The van der Waals surface area contributed by atoms with Gasteiger partial charge in [0.25, 0.3) is 0 Å². The van der Waals surface area contributed by atoms with Gasteiger partial charge in [-0.2, -0.15) is 0 Å². The second-order valence-corrected chi connectivity index (χ2v) is 3.37. The van der Waals surface area contributed by atoms with Crippen molar-refractivity contribution in [1.82, 2.24) is 0 Å². The van der Waals surface area contributed by atoms with Crippen molar-refractivity contribution in [1.29, 1.82) is 0 Å². The number of halogens is 2. The molecule has 14 heavy (non-hydrogen) atoms. The van der Waals surface area contributed by atoms with E-state index in [9.17, 15) is 4.39 Å². The van der Waals surface area contributed by atoms with E-state index in [0.717, 1.165) is 12.0 Å². The van der Waals surface area contributed by atoms with Crippen molar-refractivity contribution in [3.63, 3.8) is 0 Å². The van der Waals surface area contributed by atoms with E-state index < -0.39 is 0 Å². The molecule has 0 aromatic heterocycles. The largest absolute Gasteiger partial charge is 0.493 e. The molecule has 0 aliphatic heterocycles. The monoisotopic (exact) mass is 217 g/mol. The molecule has 2 atom stereocenters. The summed E-state index contributed by atoms with van der Waals surface area (Å²) in [5.41, 5.74) is 6.59. The summed E-state index contributed by atoms with van der Waals surface area (Å²) in [7, 11) is 1.48. The van der Waals surface area contributed by atoms with Crippen LogP contribution in [0.3, 0.4) is 0 Å².